The third kappa shape index (κ3) is 4.66. The number of hydrogen-bond acceptors (Lipinski definition) is 3. The van der Waals surface area contributed by atoms with E-state index in [1.54, 1.807) is 16.8 Å². The van der Waals surface area contributed by atoms with Gasteiger partial charge in [0.1, 0.15) is 10.7 Å². The number of aromatic nitrogens is 2. The Labute approximate surface area is 151 Å². The van der Waals surface area contributed by atoms with Gasteiger partial charge in [0, 0.05) is 23.8 Å². The van der Waals surface area contributed by atoms with Crippen LogP contribution < -0.4 is 10.9 Å². The molecule has 0 saturated carbocycles. The number of primary sulfonamides is 1. The summed E-state index contributed by atoms with van der Waals surface area (Å²) >= 11 is 6.03. The summed E-state index contributed by atoms with van der Waals surface area (Å²) in [5, 5.41) is 9.56. The van der Waals surface area contributed by atoms with Gasteiger partial charge in [-0.1, -0.05) is 17.7 Å². The molecule has 6 nitrogen and oxygen atoms in total. The van der Waals surface area contributed by atoms with Gasteiger partial charge in [-0.15, -0.1) is 0 Å². The number of nitrogens with zero attached hydrogens (tertiary/aromatic N) is 2. The van der Waals surface area contributed by atoms with E-state index in [4.69, 9.17) is 16.7 Å². The minimum Gasteiger partial charge on any atom is -0.354 e. The Kier molecular flexibility index (Phi) is 5.99. The van der Waals surface area contributed by atoms with Gasteiger partial charge < -0.3 is 5.73 Å². The van der Waals surface area contributed by atoms with Gasteiger partial charge in [0.25, 0.3) is 0 Å². The first-order chi connectivity index (χ1) is 11.6. The van der Waals surface area contributed by atoms with Crippen molar-refractivity contribution in [2.24, 2.45) is 5.14 Å². The normalized spacial score (nSPS) is 12.6. The van der Waals surface area contributed by atoms with Gasteiger partial charge in [-0.05, 0) is 31.5 Å². The van der Waals surface area contributed by atoms with Crippen LogP contribution in [0.15, 0.2) is 35.0 Å². The van der Waals surface area contributed by atoms with Crippen LogP contribution in [0.25, 0.3) is 0 Å². The number of hydrogen-bond donors (Lipinski definition) is 2. The van der Waals surface area contributed by atoms with E-state index >= 15 is 0 Å². The number of sulfonamides is 1. The van der Waals surface area contributed by atoms with E-state index in [0.717, 1.165) is 22.5 Å². The molecule has 0 aliphatic heterocycles. The van der Waals surface area contributed by atoms with E-state index < -0.39 is 10.0 Å². The van der Waals surface area contributed by atoms with Crippen molar-refractivity contribution in [3.05, 3.63) is 57.6 Å². The first-order valence-electron chi connectivity index (χ1n) is 7.61. The Morgan fingerprint density at radius 1 is 1.44 bits per heavy atom. The molecule has 0 spiro atoms. The second-order valence-corrected chi connectivity index (χ2v) is 7.67. The van der Waals surface area contributed by atoms with E-state index in [-0.39, 0.29) is 22.3 Å². The maximum absolute atomic E-state index is 13.7. The van der Waals surface area contributed by atoms with Crippen molar-refractivity contribution in [3.63, 3.8) is 0 Å². The SMILES string of the molecule is Cc1nn(C/C(F)=C/C[NH3+])c(C)c1Cc1ccc(S(N)(=O)=O)c(Cl)c1. The first kappa shape index (κ1) is 19.6. The van der Waals surface area contributed by atoms with Crippen LogP contribution in [-0.2, 0) is 23.0 Å². The predicted octanol–water partition coefficient (Wildman–Crippen LogP) is 1.49. The summed E-state index contributed by atoms with van der Waals surface area (Å²) in [5.41, 5.74) is 6.98. The Balaban J connectivity index is 2.31. The minimum absolute atomic E-state index is 0.0628. The Morgan fingerprint density at radius 3 is 2.68 bits per heavy atom. The summed E-state index contributed by atoms with van der Waals surface area (Å²) < 4.78 is 38.2. The molecule has 0 unspecified atom stereocenters. The average Bonchev–Trinajstić information content (AvgIpc) is 2.74. The number of quaternary nitrogens is 1. The summed E-state index contributed by atoms with van der Waals surface area (Å²) in [6, 6.07) is 4.62. The van der Waals surface area contributed by atoms with Crippen LogP contribution in [0.1, 0.15) is 22.5 Å². The highest BCUT2D eigenvalue weighted by molar-refractivity contribution is 7.89. The molecule has 0 radical (unpaired) electrons. The van der Waals surface area contributed by atoms with Crippen LogP contribution in [0.2, 0.25) is 5.02 Å². The summed E-state index contributed by atoms with van der Waals surface area (Å²) in [6.07, 6.45) is 1.92. The molecule has 0 fully saturated rings. The van der Waals surface area contributed by atoms with Gasteiger partial charge in [0.05, 0.1) is 23.8 Å². The third-order valence-corrected chi connectivity index (χ3v) is 5.28. The van der Waals surface area contributed by atoms with Crippen LogP contribution in [0.5, 0.6) is 0 Å². The van der Waals surface area contributed by atoms with Crippen molar-refractivity contribution in [1.82, 2.24) is 9.78 Å². The number of aryl methyl sites for hydroxylation is 1. The van der Waals surface area contributed by atoms with Crippen LogP contribution in [0, 0.1) is 13.8 Å². The molecule has 2 rings (SSSR count). The summed E-state index contributed by atoms with van der Waals surface area (Å²) in [7, 11) is -3.86. The molecule has 25 heavy (non-hydrogen) atoms. The standard InChI is InChI=1S/C16H20ClFN4O2S/c1-10-14(11(2)22(21-10)9-13(18)5-6-19)7-12-3-4-16(15(17)8-12)25(20,23)24/h3-5,8H,6-7,9,19H2,1-2H3,(H2,20,23,24)/p+1/b13-5-. The largest absolute Gasteiger partial charge is 0.354 e. The number of nitrogens with two attached hydrogens (primary N) is 1. The number of benzene rings is 1. The van der Waals surface area contributed by atoms with Gasteiger partial charge >= 0.3 is 0 Å². The Bertz CT molecular complexity index is 922. The molecule has 2 aromatic rings. The number of rotatable bonds is 6. The Morgan fingerprint density at radius 2 is 2.12 bits per heavy atom. The molecule has 9 heteroatoms. The lowest BCUT2D eigenvalue weighted by molar-refractivity contribution is -0.353. The van der Waals surface area contributed by atoms with Crippen LogP contribution >= 0.6 is 11.6 Å². The monoisotopic (exact) mass is 387 g/mol. The molecular formula is C16H21ClFN4O2S+. The van der Waals surface area contributed by atoms with Crippen molar-refractivity contribution in [2.45, 2.75) is 31.7 Å². The molecule has 5 N–H and O–H groups in total. The third-order valence-electron chi connectivity index (χ3n) is 3.88. The molecular weight excluding hydrogens is 367 g/mol. The fraction of sp³-hybridized carbons (Fsp3) is 0.312. The molecule has 0 aliphatic rings. The maximum atomic E-state index is 13.7. The van der Waals surface area contributed by atoms with Crippen LogP contribution in [0.4, 0.5) is 4.39 Å². The minimum atomic E-state index is -3.86. The van der Waals surface area contributed by atoms with E-state index in [1.807, 2.05) is 13.8 Å². The quantitative estimate of drug-likeness (QED) is 0.784. The van der Waals surface area contributed by atoms with Gasteiger partial charge in [0.2, 0.25) is 10.0 Å². The highest BCUT2D eigenvalue weighted by Gasteiger charge is 2.16. The van der Waals surface area contributed by atoms with Crippen LogP contribution in [-0.4, -0.2) is 24.7 Å². The molecule has 1 aromatic heterocycles. The summed E-state index contributed by atoms with van der Waals surface area (Å²) in [5.74, 6) is -0.285. The molecule has 1 heterocycles. The summed E-state index contributed by atoms with van der Waals surface area (Å²) in [6.45, 7) is 4.16. The van der Waals surface area contributed by atoms with Gasteiger partial charge in [-0.2, -0.15) is 5.10 Å². The predicted molar refractivity (Wildman–Crippen MR) is 94.3 cm³/mol. The molecule has 1 aromatic carbocycles. The molecule has 0 amide bonds. The fourth-order valence-electron chi connectivity index (χ4n) is 2.60. The van der Waals surface area contributed by atoms with Crippen LogP contribution in [0.3, 0.4) is 0 Å². The smallest absolute Gasteiger partial charge is 0.239 e. The van der Waals surface area contributed by atoms with Crippen molar-refractivity contribution in [3.8, 4) is 0 Å². The van der Waals surface area contributed by atoms with Crippen molar-refractivity contribution in [1.29, 1.82) is 0 Å². The maximum Gasteiger partial charge on any atom is 0.239 e. The average molecular weight is 388 g/mol. The fourth-order valence-corrected chi connectivity index (χ4v) is 3.71. The van der Waals surface area contributed by atoms with Crippen molar-refractivity contribution >= 4 is 21.6 Å². The topological polar surface area (TPSA) is 106 Å². The zero-order valence-electron chi connectivity index (χ0n) is 14.1. The zero-order chi connectivity index (χ0) is 18.8. The molecule has 136 valence electrons. The highest BCUT2D eigenvalue weighted by Crippen LogP contribution is 2.25. The number of halogens is 2. The highest BCUT2D eigenvalue weighted by atomic mass is 35.5. The van der Waals surface area contributed by atoms with E-state index in [0.29, 0.717) is 13.0 Å². The van der Waals surface area contributed by atoms with E-state index in [9.17, 15) is 12.8 Å². The summed E-state index contributed by atoms with van der Waals surface area (Å²) in [4.78, 5) is -0.109. The van der Waals surface area contributed by atoms with E-state index in [2.05, 4.69) is 10.8 Å². The van der Waals surface area contributed by atoms with Gasteiger partial charge in [0.15, 0.2) is 0 Å². The van der Waals surface area contributed by atoms with E-state index in [1.165, 1.54) is 12.1 Å². The lowest BCUT2D eigenvalue weighted by atomic mass is 10.0. The van der Waals surface area contributed by atoms with Crippen molar-refractivity contribution in [2.75, 3.05) is 6.54 Å². The second kappa shape index (κ2) is 7.65. The molecule has 0 aliphatic carbocycles. The van der Waals surface area contributed by atoms with Gasteiger partial charge in [-0.25, -0.2) is 17.9 Å². The Hall–Kier alpha value is -1.74. The zero-order valence-corrected chi connectivity index (χ0v) is 15.7. The second-order valence-electron chi connectivity index (χ2n) is 5.73. The molecule has 0 atom stereocenters. The molecule has 0 saturated heterocycles. The first-order valence-corrected chi connectivity index (χ1v) is 9.53. The lowest BCUT2D eigenvalue weighted by Crippen LogP contribution is -2.49. The number of allylic oxidation sites excluding steroid dienone is 1. The molecule has 0 bridgehead atoms. The lowest BCUT2D eigenvalue weighted by Gasteiger charge is -2.07. The van der Waals surface area contributed by atoms with Gasteiger partial charge in [-0.3, -0.25) is 4.68 Å². The van der Waals surface area contributed by atoms with Crippen molar-refractivity contribution < 1.29 is 18.5 Å².